The Labute approximate surface area is 126 Å². The van der Waals surface area contributed by atoms with Crippen LogP contribution in [0.3, 0.4) is 0 Å². The number of amides is 1. The molecular weight excluding hydrogens is 264 g/mol. The molecule has 0 atom stereocenters. The van der Waals surface area contributed by atoms with E-state index in [-0.39, 0.29) is 5.91 Å². The summed E-state index contributed by atoms with van der Waals surface area (Å²) in [6.45, 7) is 0.354. The fourth-order valence-corrected chi connectivity index (χ4v) is 2.73. The molecule has 1 amide bonds. The summed E-state index contributed by atoms with van der Waals surface area (Å²) in [5, 5.41) is 6.29. The van der Waals surface area contributed by atoms with Crippen molar-refractivity contribution in [2.24, 2.45) is 5.73 Å². The van der Waals surface area contributed by atoms with Gasteiger partial charge < -0.3 is 16.4 Å². The van der Waals surface area contributed by atoms with Crippen molar-refractivity contribution in [1.29, 1.82) is 0 Å². The van der Waals surface area contributed by atoms with E-state index in [9.17, 15) is 4.79 Å². The number of rotatable bonds is 5. The number of pyridine rings is 1. The van der Waals surface area contributed by atoms with Gasteiger partial charge in [0.2, 0.25) is 5.91 Å². The Morgan fingerprint density at radius 1 is 1.19 bits per heavy atom. The van der Waals surface area contributed by atoms with Crippen molar-refractivity contribution in [2.75, 3.05) is 17.2 Å². The van der Waals surface area contributed by atoms with E-state index < -0.39 is 0 Å². The predicted octanol–water partition coefficient (Wildman–Crippen LogP) is 2.89. The molecule has 4 N–H and O–H groups in total. The molecular formula is C16H26N4O. The van der Waals surface area contributed by atoms with Crippen LogP contribution in [0.4, 0.5) is 11.5 Å². The van der Waals surface area contributed by atoms with Crippen molar-refractivity contribution in [2.45, 2.75) is 57.4 Å². The first kappa shape index (κ1) is 15.8. The SMILES string of the molecule is NCCC(=O)Nc1ccc(NC2CCCCCCC2)cn1. The maximum atomic E-state index is 11.4. The lowest BCUT2D eigenvalue weighted by molar-refractivity contribution is -0.116. The molecule has 1 aliphatic rings. The summed E-state index contributed by atoms with van der Waals surface area (Å²) in [7, 11) is 0. The summed E-state index contributed by atoms with van der Waals surface area (Å²) in [5.41, 5.74) is 6.37. The zero-order valence-corrected chi connectivity index (χ0v) is 12.6. The molecule has 0 saturated heterocycles. The summed E-state index contributed by atoms with van der Waals surface area (Å²) in [6.07, 6.45) is 11.3. The largest absolute Gasteiger partial charge is 0.381 e. The molecule has 0 aromatic carbocycles. The van der Waals surface area contributed by atoms with Crippen molar-refractivity contribution in [1.82, 2.24) is 4.98 Å². The number of hydrogen-bond donors (Lipinski definition) is 3. The Bertz CT molecular complexity index is 424. The number of hydrogen-bond acceptors (Lipinski definition) is 4. The van der Waals surface area contributed by atoms with Crippen molar-refractivity contribution in [3.05, 3.63) is 18.3 Å². The van der Waals surface area contributed by atoms with Crippen LogP contribution >= 0.6 is 0 Å². The summed E-state index contributed by atoms with van der Waals surface area (Å²) < 4.78 is 0. The zero-order valence-electron chi connectivity index (χ0n) is 12.6. The second-order valence-corrected chi connectivity index (χ2v) is 5.71. The predicted molar refractivity (Wildman–Crippen MR) is 86.3 cm³/mol. The molecule has 1 aliphatic carbocycles. The summed E-state index contributed by atoms with van der Waals surface area (Å²) >= 11 is 0. The van der Waals surface area contributed by atoms with Gasteiger partial charge in [-0.1, -0.05) is 32.1 Å². The quantitative estimate of drug-likeness (QED) is 0.779. The molecule has 5 heteroatoms. The lowest BCUT2D eigenvalue weighted by Gasteiger charge is -2.22. The van der Waals surface area contributed by atoms with Crippen LogP contribution in [0.25, 0.3) is 0 Å². The Morgan fingerprint density at radius 3 is 2.52 bits per heavy atom. The summed E-state index contributed by atoms with van der Waals surface area (Å²) in [4.78, 5) is 15.7. The average Bonchev–Trinajstić information content (AvgIpc) is 2.44. The van der Waals surface area contributed by atoms with E-state index in [1.165, 1.54) is 44.9 Å². The van der Waals surface area contributed by atoms with E-state index in [1.54, 1.807) is 6.20 Å². The number of nitrogens with one attached hydrogen (secondary N) is 2. The van der Waals surface area contributed by atoms with Gasteiger partial charge in [-0.05, 0) is 25.0 Å². The smallest absolute Gasteiger partial charge is 0.226 e. The summed E-state index contributed by atoms with van der Waals surface area (Å²) in [5.74, 6) is 0.488. The van der Waals surface area contributed by atoms with Gasteiger partial charge in [0.05, 0.1) is 11.9 Å². The van der Waals surface area contributed by atoms with E-state index in [0.717, 1.165) is 5.69 Å². The highest BCUT2D eigenvalue weighted by Gasteiger charge is 2.11. The molecule has 0 spiro atoms. The first-order valence-electron chi connectivity index (χ1n) is 8.00. The van der Waals surface area contributed by atoms with Crippen LogP contribution in [0, 0.1) is 0 Å². The van der Waals surface area contributed by atoms with Crippen LogP contribution in [0.2, 0.25) is 0 Å². The highest BCUT2D eigenvalue weighted by Crippen LogP contribution is 2.21. The third kappa shape index (κ3) is 5.71. The minimum absolute atomic E-state index is 0.0919. The van der Waals surface area contributed by atoms with Gasteiger partial charge in [-0.15, -0.1) is 0 Å². The molecule has 1 fully saturated rings. The van der Waals surface area contributed by atoms with Gasteiger partial charge in [0.25, 0.3) is 0 Å². The molecule has 5 nitrogen and oxygen atoms in total. The molecule has 1 saturated carbocycles. The first-order valence-corrected chi connectivity index (χ1v) is 8.00. The minimum Gasteiger partial charge on any atom is -0.381 e. The van der Waals surface area contributed by atoms with Crippen molar-refractivity contribution >= 4 is 17.4 Å². The van der Waals surface area contributed by atoms with Crippen LogP contribution < -0.4 is 16.4 Å². The summed E-state index contributed by atoms with van der Waals surface area (Å²) in [6, 6.07) is 4.36. The standard InChI is InChI=1S/C16H26N4O/c17-11-10-16(21)20-15-9-8-14(12-18-15)19-13-6-4-2-1-3-5-7-13/h8-9,12-13,19H,1-7,10-11,17H2,(H,18,20,21). The van der Waals surface area contributed by atoms with E-state index >= 15 is 0 Å². The van der Waals surface area contributed by atoms with Gasteiger partial charge >= 0.3 is 0 Å². The van der Waals surface area contributed by atoms with Gasteiger partial charge in [-0.2, -0.15) is 0 Å². The Morgan fingerprint density at radius 2 is 1.90 bits per heavy atom. The number of carbonyl (C=O) groups excluding carboxylic acids is 1. The zero-order chi connectivity index (χ0) is 14.9. The second kappa shape index (κ2) is 8.62. The van der Waals surface area contributed by atoms with Crippen molar-refractivity contribution in [3.8, 4) is 0 Å². The van der Waals surface area contributed by atoms with Gasteiger partial charge in [0.1, 0.15) is 5.82 Å². The monoisotopic (exact) mass is 290 g/mol. The minimum atomic E-state index is -0.0919. The molecule has 2 rings (SSSR count). The molecule has 1 aromatic rings. The van der Waals surface area contributed by atoms with Gasteiger partial charge in [-0.3, -0.25) is 4.79 Å². The van der Waals surface area contributed by atoms with Crippen LogP contribution in [0.5, 0.6) is 0 Å². The molecule has 0 bridgehead atoms. The van der Waals surface area contributed by atoms with Crippen molar-refractivity contribution < 1.29 is 4.79 Å². The maximum Gasteiger partial charge on any atom is 0.226 e. The lowest BCUT2D eigenvalue weighted by atomic mass is 9.96. The third-order valence-electron chi connectivity index (χ3n) is 3.88. The fourth-order valence-electron chi connectivity index (χ4n) is 2.73. The number of carbonyl (C=O) groups is 1. The maximum absolute atomic E-state index is 11.4. The Balaban J connectivity index is 1.84. The molecule has 116 valence electrons. The van der Waals surface area contributed by atoms with E-state index in [4.69, 9.17) is 5.73 Å². The third-order valence-corrected chi connectivity index (χ3v) is 3.88. The van der Waals surface area contributed by atoms with Gasteiger partial charge in [-0.25, -0.2) is 4.98 Å². The highest BCUT2D eigenvalue weighted by molar-refractivity contribution is 5.89. The number of nitrogens with zero attached hydrogens (tertiary/aromatic N) is 1. The van der Waals surface area contributed by atoms with E-state index in [2.05, 4.69) is 15.6 Å². The lowest BCUT2D eigenvalue weighted by Crippen LogP contribution is -2.21. The highest BCUT2D eigenvalue weighted by atomic mass is 16.1. The van der Waals surface area contributed by atoms with Crippen LogP contribution in [0.1, 0.15) is 51.4 Å². The van der Waals surface area contributed by atoms with Gasteiger partial charge in [0, 0.05) is 19.0 Å². The average molecular weight is 290 g/mol. The molecule has 0 aliphatic heterocycles. The molecule has 21 heavy (non-hydrogen) atoms. The Hall–Kier alpha value is -1.62. The fraction of sp³-hybridized carbons (Fsp3) is 0.625. The first-order chi connectivity index (χ1) is 10.3. The van der Waals surface area contributed by atoms with Gasteiger partial charge in [0.15, 0.2) is 0 Å². The van der Waals surface area contributed by atoms with E-state index in [0.29, 0.717) is 24.8 Å². The molecule has 1 aromatic heterocycles. The second-order valence-electron chi connectivity index (χ2n) is 5.71. The topological polar surface area (TPSA) is 80.0 Å². The number of nitrogens with two attached hydrogens (primary N) is 1. The Kier molecular flexibility index (Phi) is 6.47. The van der Waals surface area contributed by atoms with Crippen molar-refractivity contribution in [3.63, 3.8) is 0 Å². The number of anilines is 2. The molecule has 0 unspecified atom stereocenters. The van der Waals surface area contributed by atoms with Crippen LogP contribution in [-0.4, -0.2) is 23.5 Å². The van der Waals surface area contributed by atoms with Crippen LogP contribution in [-0.2, 0) is 4.79 Å². The number of aromatic nitrogens is 1. The molecule has 0 radical (unpaired) electrons. The molecule has 1 heterocycles. The normalized spacial score (nSPS) is 16.8. The van der Waals surface area contributed by atoms with Crippen LogP contribution in [0.15, 0.2) is 18.3 Å². The van der Waals surface area contributed by atoms with E-state index in [1.807, 2.05) is 12.1 Å².